The minimum atomic E-state index is -4.35. The monoisotopic (exact) mass is 368 g/mol. The van der Waals surface area contributed by atoms with Crippen LogP contribution >= 0.6 is 11.3 Å². The molecule has 1 aliphatic rings. The quantitative estimate of drug-likeness (QED) is 0.740. The van der Waals surface area contributed by atoms with Gasteiger partial charge in [-0.1, -0.05) is 19.1 Å². The van der Waals surface area contributed by atoms with Crippen LogP contribution in [0.2, 0.25) is 0 Å². The number of rotatable bonds is 2. The second-order valence-electron chi connectivity index (χ2n) is 6.44. The SMILES string of the molecule is CC1CCCN(C(=O)c2csc(-c3ccc(C(F)(F)F)cc3)n2)CC1. The fourth-order valence-corrected chi connectivity index (χ4v) is 3.73. The second kappa shape index (κ2) is 7.15. The predicted octanol–water partition coefficient (Wildman–Crippen LogP) is 5.09. The zero-order valence-electron chi connectivity index (χ0n) is 13.8. The van der Waals surface area contributed by atoms with E-state index in [9.17, 15) is 18.0 Å². The number of benzene rings is 1. The molecular formula is C18H19F3N2OS. The van der Waals surface area contributed by atoms with Gasteiger partial charge in [0.2, 0.25) is 0 Å². The van der Waals surface area contributed by atoms with Gasteiger partial charge < -0.3 is 4.90 Å². The Bertz CT molecular complexity index is 740. The highest BCUT2D eigenvalue weighted by molar-refractivity contribution is 7.13. The second-order valence-corrected chi connectivity index (χ2v) is 7.30. The van der Waals surface area contributed by atoms with E-state index in [1.807, 2.05) is 4.90 Å². The lowest BCUT2D eigenvalue weighted by molar-refractivity contribution is -0.137. The van der Waals surface area contributed by atoms with Gasteiger partial charge in [0.05, 0.1) is 5.56 Å². The van der Waals surface area contributed by atoms with Crippen LogP contribution in [0.4, 0.5) is 13.2 Å². The molecule has 0 saturated carbocycles. The Balaban J connectivity index is 1.74. The number of alkyl halides is 3. The molecule has 0 bridgehead atoms. The van der Waals surface area contributed by atoms with Gasteiger partial charge >= 0.3 is 6.18 Å². The van der Waals surface area contributed by atoms with Crippen molar-refractivity contribution in [1.29, 1.82) is 0 Å². The van der Waals surface area contributed by atoms with Gasteiger partial charge in [0, 0.05) is 24.0 Å². The van der Waals surface area contributed by atoms with Crippen LogP contribution in [0, 0.1) is 5.92 Å². The first-order valence-corrected chi connectivity index (χ1v) is 9.15. The van der Waals surface area contributed by atoms with Crippen LogP contribution in [0.1, 0.15) is 42.2 Å². The molecule has 0 aliphatic carbocycles. The van der Waals surface area contributed by atoms with E-state index < -0.39 is 11.7 Å². The van der Waals surface area contributed by atoms with Crippen molar-refractivity contribution < 1.29 is 18.0 Å². The van der Waals surface area contributed by atoms with Crippen molar-refractivity contribution in [1.82, 2.24) is 9.88 Å². The van der Waals surface area contributed by atoms with E-state index in [1.54, 1.807) is 5.38 Å². The van der Waals surface area contributed by atoms with E-state index in [-0.39, 0.29) is 5.91 Å². The summed E-state index contributed by atoms with van der Waals surface area (Å²) in [5, 5.41) is 2.24. The number of hydrogen-bond donors (Lipinski definition) is 0. The maximum atomic E-state index is 12.6. The van der Waals surface area contributed by atoms with E-state index >= 15 is 0 Å². The highest BCUT2D eigenvalue weighted by Crippen LogP contribution is 2.32. The maximum absolute atomic E-state index is 12.6. The highest BCUT2D eigenvalue weighted by Gasteiger charge is 2.30. The number of nitrogens with zero attached hydrogens (tertiary/aromatic N) is 2. The first kappa shape index (κ1) is 17.9. The van der Waals surface area contributed by atoms with Crippen LogP contribution in [0.3, 0.4) is 0 Å². The Hall–Kier alpha value is -1.89. The molecule has 0 radical (unpaired) electrons. The average molecular weight is 368 g/mol. The summed E-state index contributed by atoms with van der Waals surface area (Å²) in [6.07, 6.45) is -1.26. The first-order chi connectivity index (χ1) is 11.8. The standard InChI is InChI=1S/C18H19F3N2OS/c1-12-3-2-9-23(10-8-12)17(24)15-11-25-16(22-15)13-4-6-14(7-5-13)18(19,20)21/h4-7,11-12H,2-3,8-10H2,1H3. The number of hydrogen-bond acceptors (Lipinski definition) is 3. The Labute approximate surface area is 148 Å². The number of halogens is 3. The fraction of sp³-hybridized carbons (Fsp3) is 0.444. The third kappa shape index (κ3) is 4.21. The van der Waals surface area contributed by atoms with Crippen LogP contribution in [0.25, 0.3) is 10.6 Å². The van der Waals surface area contributed by atoms with Crippen LogP contribution < -0.4 is 0 Å². The number of carbonyl (C=O) groups is 1. The molecule has 7 heteroatoms. The number of thiazole rings is 1. The van der Waals surface area contributed by atoms with Gasteiger partial charge in [0.25, 0.3) is 5.91 Å². The Morgan fingerprint density at radius 3 is 2.60 bits per heavy atom. The fourth-order valence-electron chi connectivity index (χ4n) is 2.93. The Morgan fingerprint density at radius 1 is 1.20 bits per heavy atom. The summed E-state index contributed by atoms with van der Waals surface area (Å²) >= 11 is 1.27. The first-order valence-electron chi connectivity index (χ1n) is 8.27. The summed E-state index contributed by atoms with van der Waals surface area (Å²) in [6, 6.07) is 4.86. The highest BCUT2D eigenvalue weighted by atomic mass is 32.1. The Kier molecular flexibility index (Phi) is 5.13. The third-order valence-corrected chi connectivity index (χ3v) is 5.38. The third-order valence-electron chi connectivity index (χ3n) is 4.49. The minimum Gasteiger partial charge on any atom is -0.337 e. The van der Waals surface area contributed by atoms with E-state index in [1.165, 1.54) is 23.5 Å². The molecule has 2 aromatic rings. The van der Waals surface area contributed by atoms with Crippen LogP contribution in [0.5, 0.6) is 0 Å². The van der Waals surface area contributed by atoms with Gasteiger partial charge in [-0.3, -0.25) is 4.79 Å². The van der Waals surface area contributed by atoms with Gasteiger partial charge in [-0.05, 0) is 37.3 Å². The Morgan fingerprint density at radius 2 is 1.92 bits per heavy atom. The molecule has 1 aromatic heterocycles. The number of aromatic nitrogens is 1. The number of amides is 1. The molecule has 1 atom stereocenters. The summed E-state index contributed by atoms with van der Waals surface area (Å²) in [6.45, 7) is 3.66. The van der Waals surface area contributed by atoms with Crippen molar-refractivity contribution in [3.8, 4) is 10.6 Å². The van der Waals surface area contributed by atoms with E-state index in [0.717, 1.165) is 44.5 Å². The van der Waals surface area contributed by atoms with Crippen LogP contribution in [-0.2, 0) is 6.18 Å². The van der Waals surface area contributed by atoms with Crippen molar-refractivity contribution in [3.05, 3.63) is 40.9 Å². The molecule has 1 fully saturated rings. The van der Waals surface area contributed by atoms with E-state index in [4.69, 9.17) is 0 Å². The molecule has 0 N–H and O–H groups in total. The van der Waals surface area contributed by atoms with Gasteiger partial charge in [0.15, 0.2) is 0 Å². The zero-order valence-corrected chi connectivity index (χ0v) is 14.7. The minimum absolute atomic E-state index is 0.0940. The lowest BCUT2D eigenvalue weighted by atomic mass is 10.0. The molecule has 3 nitrogen and oxygen atoms in total. The molecule has 2 heterocycles. The molecule has 134 valence electrons. The molecule has 1 aliphatic heterocycles. The summed E-state index contributed by atoms with van der Waals surface area (Å²) in [5.41, 5.74) is 0.263. The predicted molar refractivity (Wildman–Crippen MR) is 91.5 cm³/mol. The molecular weight excluding hydrogens is 349 g/mol. The maximum Gasteiger partial charge on any atom is 0.416 e. The molecule has 1 aromatic carbocycles. The largest absolute Gasteiger partial charge is 0.416 e. The molecule has 1 unspecified atom stereocenters. The topological polar surface area (TPSA) is 33.2 Å². The van der Waals surface area contributed by atoms with E-state index in [0.29, 0.717) is 22.2 Å². The molecule has 0 spiro atoms. The van der Waals surface area contributed by atoms with Gasteiger partial charge in [-0.2, -0.15) is 13.2 Å². The van der Waals surface area contributed by atoms with Crippen molar-refractivity contribution in [2.75, 3.05) is 13.1 Å². The number of carbonyl (C=O) groups excluding carboxylic acids is 1. The summed E-state index contributed by atoms with van der Waals surface area (Å²) < 4.78 is 37.9. The molecule has 25 heavy (non-hydrogen) atoms. The molecule has 3 rings (SSSR count). The zero-order chi connectivity index (χ0) is 18.0. The normalized spacial score (nSPS) is 18.9. The molecule has 1 amide bonds. The van der Waals surface area contributed by atoms with Crippen molar-refractivity contribution in [2.24, 2.45) is 5.92 Å². The van der Waals surface area contributed by atoms with Gasteiger partial charge in [0.1, 0.15) is 10.7 Å². The van der Waals surface area contributed by atoms with Crippen molar-refractivity contribution in [3.63, 3.8) is 0 Å². The van der Waals surface area contributed by atoms with Crippen molar-refractivity contribution >= 4 is 17.2 Å². The lowest BCUT2D eigenvalue weighted by Gasteiger charge is -2.19. The van der Waals surface area contributed by atoms with Crippen molar-refractivity contribution in [2.45, 2.75) is 32.4 Å². The summed E-state index contributed by atoms with van der Waals surface area (Å²) in [5.74, 6) is 0.527. The van der Waals surface area contributed by atoms with Crippen LogP contribution in [0.15, 0.2) is 29.6 Å². The summed E-state index contributed by atoms with van der Waals surface area (Å²) in [7, 11) is 0. The molecule has 1 saturated heterocycles. The van der Waals surface area contributed by atoms with Crippen LogP contribution in [-0.4, -0.2) is 28.9 Å². The average Bonchev–Trinajstić information content (AvgIpc) is 2.97. The van der Waals surface area contributed by atoms with E-state index in [2.05, 4.69) is 11.9 Å². The number of likely N-dealkylation sites (tertiary alicyclic amines) is 1. The summed E-state index contributed by atoms with van der Waals surface area (Å²) in [4.78, 5) is 18.8. The smallest absolute Gasteiger partial charge is 0.337 e. The lowest BCUT2D eigenvalue weighted by Crippen LogP contribution is -2.32. The van der Waals surface area contributed by atoms with Gasteiger partial charge in [-0.15, -0.1) is 11.3 Å². The van der Waals surface area contributed by atoms with Gasteiger partial charge in [-0.25, -0.2) is 4.98 Å².